The van der Waals surface area contributed by atoms with E-state index in [9.17, 15) is 9.59 Å². The standard InChI is InChI=1S/C9H17N3O3/c10-4-6-2-1-3-7(6)15-5-8(13)12-9(11)14/h6-7H,1-5,10H2,(H3,11,12,13,14). The maximum absolute atomic E-state index is 11.0. The Hall–Kier alpha value is -1.14. The van der Waals surface area contributed by atoms with Crippen LogP contribution in [0.4, 0.5) is 4.79 Å². The molecule has 1 aliphatic carbocycles. The SMILES string of the molecule is NCC1CCCC1OCC(=O)NC(N)=O. The second-order valence-electron chi connectivity index (χ2n) is 3.69. The molecule has 0 bridgehead atoms. The topological polar surface area (TPSA) is 107 Å². The number of primary amides is 1. The van der Waals surface area contributed by atoms with Crippen LogP contribution in [0.25, 0.3) is 0 Å². The lowest BCUT2D eigenvalue weighted by Crippen LogP contribution is -2.38. The molecule has 0 aromatic heterocycles. The van der Waals surface area contributed by atoms with Gasteiger partial charge in [0.05, 0.1) is 6.10 Å². The van der Waals surface area contributed by atoms with Gasteiger partial charge in [0.1, 0.15) is 6.61 Å². The van der Waals surface area contributed by atoms with E-state index in [4.69, 9.17) is 16.2 Å². The van der Waals surface area contributed by atoms with Crippen molar-refractivity contribution < 1.29 is 14.3 Å². The van der Waals surface area contributed by atoms with E-state index in [2.05, 4.69) is 0 Å². The van der Waals surface area contributed by atoms with Crippen LogP contribution in [0, 0.1) is 5.92 Å². The molecular weight excluding hydrogens is 198 g/mol. The Labute approximate surface area is 88.3 Å². The van der Waals surface area contributed by atoms with Crippen LogP contribution in [0.3, 0.4) is 0 Å². The van der Waals surface area contributed by atoms with Crippen molar-refractivity contribution in [3.8, 4) is 0 Å². The van der Waals surface area contributed by atoms with Gasteiger partial charge in [0.25, 0.3) is 5.91 Å². The molecule has 0 aromatic carbocycles. The average Bonchev–Trinajstić information content (AvgIpc) is 2.60. The third-order valence-corrected chi connectivity index (χ3v) is 2.58. The molecule has 6 nitrogen and oxygen atoms in total. The van der Waals surface area contributed by atoms with Crippen molar-refractivity contribution in [2.24, 2.45) is 17.4 Å². The molecule has 3 amide bonds. The zero-order chi connectivity index (χ0) is 11.3. The molecule has 5 N–H and O–H groups in total. The summed E-state index contributed by atoms with van der Waals surface area (Å²) in [5.41, 5.74) is 10.3. The summed E-state index contributed by atoms with van der Waals surface area (Å²) in [4.78, 5) is 21.4. The van der Waals surface area contributed by atoms with Crippen molar-refractivity contribution >= 4 is 11.9 Å². The van der Waals surface area contributed by atoms with E-state index in [1.165, 1.54) is 0 Å². The van der Waals surface area contributed by atoms with Gasteiger partial charge in [0, 0.05) is 0 Å². The van der Waals surface area contributed by atoms with Gasteiger partial charge < -0.3 is 16.2 Å². The van der Waals surface area contributed by atoms with Crippen LogP contribution in [-0.4, -0.2) is 31.2 Å². The van der Waals surface area contributed by atoms with E-state index in [1.807, 2.05) is 5.32 Å². The number of carbonyl (C=O) groups excluding carboxylic acids is 2. The molecule has 6 heteroatoms. The number of nitrogens with two attached hydrogens (primary N) is 2. The van der Waals surface area contributed by atoms with Crippen molar-refractivity contribution in [2.45, 2.75) is 25.4 Å². The van der Waals surface area contributed by atoms with Crippen molar-refractivity contribution in [3.63, 3.8) is 0 Å². The lowest BCUT2D eigenvalue weighted by Gasteiger charge is -2.17. The summed E-state index contributed by atoms with van der Waals surface area (Å²) in [5, 5.41) is 1.94. The fourth-order valence-electron chi connectivity index (χ4n) is 1.85. The molecule has 0 heterocycles. The normalized spacial score (nSPS) is 25.1. The molecule has 2 unspecified atom stereocenters. The van der Waals surface area contributed by atoms with Crippen LogP contribution in [0.15, 0.2) is 0 Å². The summed E-state index contributed by atoms with van der Waals surface area (Å²) < 4.78 is 5.37. The first-order valence-corrected chi connectivity index (χ1v) is 5.04. The van der Waals surface area contributed by atoms with Crippen LogP contribution in [0.2, 0.25) is 0 Å². The van der Waals surface area contributed by atoms with E-state index in [-0.39, 0.29) is 12.7 Å². The minimum absolute atomic E-state index is 0.0358. The van der Waals surface area contributed by atoms with Crippen molar-refractivity contribution in [2.75, 3.05) is 13.2 Å². The van der Waals surface area contributed by atoms with Gasteiger partial charge in [-0.1, -0.05) is 6.42 Å². The third kappa shape index (κ3) is 3.85. The molecule has 1 rings (SSSR count). The highest BCUT2D eigenvalue weighted by molar-refractivity contribution is 5.94. The van der Waals surface area contributed by atoms with E-state index in [0.717, 1.165) is 19.3 Å². The molecule has 0 aliphatic heterocycles. The van der Waals surface area contributed by atoms with Crippen LogP contribution in [0.5, 0.6) is 0 Å². The number of ether oxygens (including phenoxy) is 1. The molecule has 2 atom stereocenters. The first kappa shape index (κ1) is 11.9. The quantitative estimate of drug-likeness (QED) is 0.577. The number of hydrogen-bond acceptors (Lipinski definition) is 4. The van der Waals surface area contributed by atoms with Crippen molar-refractivity contribution in [1.82, 2.24) is 5.32 Å². The van der Waals surface area contributed by atoms with Gasteiger partial charge in [-0.25, -0.2) is 4.79 Å². The minimum atomic E-state index is -0.856. The monoisotopic (exact) mass is 215 g/mol. The van der Waals surface area contributed by atoms with Gasteiger partial charge in [0.15, 0.2) is 0 Å². The first-order chi connectivity index (χ1) is 7.13. The summed E-state index contributed by atoms with van der Waals surface area (Å²) in [6.45, 7) is 0.437. The number of imide groups is 1. The summed E-state index contributed by atoms with van der Waals surface area (Å²) in [7, 11) is 0. The Morgan fingerprint density at radius 2 is 2.13 bits per heavy atom. The number of nitrogens with one attached hydrogen (secondary N) is 1. The maximum atomic E-state index is 11.0. The summed E-state index contributed by atoms with van der Waals surface area (Å²) >= 11 is 0. The molecule has 15 heavy (non-hydrogen) atoms. The Kier molecular flexibility index (Phi) is 4.51. The van der Waals surface area contributed by atoms with Crippen LogP contribution >= 0.6 is 0 Å². The van der Waals surface area contributed by atoms with E-state index >= 15 is 0 Å². The smallest absolute Gasteiger partial charge is 0.318 e. The minimum Gasteiger partial charge on any atom is -0.368 e. The zero-order valence-electron chi connectivity index (χ0n) is 8.57. The van der Waals surface area contributed by atoms with Gasteiger partial charge in [-0.15, -0.1) is 0 Å². The third-order valence-electron chi connectivity index (χ3n) is 2.58. The molecule has 1 saturated carbocycles. The largest absolute Gasteiger partial charge is 0.368 e. The Bertz CT molecular complexity index is 245. The Morgan fingerprint density at radius 1 is 1.40 bits per heavy atom. The lowest BCUT2D eigenvalue weighted by molar-refractivity contribution is -0.127. The average molecular weight is 215 g/mol. The zero-order valence-corrected chi connectivity index (χ0v) is 8.57. The van der Waals surface area contributed by atoms with Gasteiger partial charge in [-0.3, -0.25) is 10.1 Å². The summed E-state index contributed by atoms with van der Waals surface area (Å²) in [5.74, 6) is -0.184. The highest BCUT2D eigenvalue weighted by atomic mass is 16.5. The summed E-state index contributed by atoms with van der Waals surface area (Å²) in [6.07, 6.45) is 3.07. The Balaban J connectivity index is 2.24. The number of carbonyl (C=O) groups is 2. The maximum Gasteiger partial charge on any atom is 0.318 e. The van der Waals surface area contributed by atoms with Gasteiger partial charge in [0.2, 0.25) is 0 Å². The first-order valence-electron chi connectivity index (χ1n) is 5.04. The Morgan fingerprint density at radius 3 is 2.73 bits per heavy atom. The molecule has 1 fully saturated rings. The molecule has 0 radical (unpaired) electrons. The number of hydrogen-bond donors (Lipinski definition) is 3. The second kappa shape index (κ2) is 5.67. The molecule has 0 aromatic rings. The highest BCUT2D eigenvalue weighted by Gasteiger charge is 2.27. The van der Waals surface area contributed by atoms with Crippen LogP contribution < -0.4 is 16.8 Å². The predicted octanol–water partition coefficient (Wildman–Crippen LogP) is -0.675. The predicted molar refractivity (Wildman–Crippen MR) is 53.9 cm³/mol. The fraction of sp³-hybridized carbons (Fsp3) is 0.778. The van der Waals surface area contributed by atoms with Crippen LogP contribution in [0.1, 0.15) is 19.3 Å². The highest BCUT2D eigenvalue weighted by Crippen LogP contribution is 2.27. The lowest BCUT2D eigenvalue weighted by atomic mass is 10.1. The molecule has 1 aliphatic rings. The number of rotatable bonds is 4. The molecular formula is C9H17N3O3. The molecule has 86 valence electrons. The van der Waals surface area contributed by atoms with Gasteiger partial charge >= 0.3 is 6.03 Å². The van der Waals surface area contributed by atoms with Gasteiger partial charge in [-0.2, -0.15) is 0 Å². The van der Waals surface area contributed by atoms with Crippen molar-refractivity contribution in [1.29, 1.82) is 0 Å². The van der Waals surface area contributed by atoms with E-state index in [1.54, 1.807) is 0 Å². The fourth-order valence-corrected chi connectivity index (χ4v) is 1.85. The number of amides is 3. The van der Waals surface area contributed by atoms with Crippen LogP contribution in [-0.2, 0) is 9.53 Å². The second-order valence-corrected chi connectivity index (χ2v) is 3.69. The van der Waals surface area contributed by atoms with E-state index in [0.29, 0.717) is 12.5 Å². The number of urea groups is 1. The molecule has 0 saturated heterocycles. The van der Waals surface area contributed by atoms with Crippen molar-refractivity contribution in [3.05, 3.63) is 0 Å². The van der Waals surface area contributed by atoms with E-state index < -0.39 is 11.9 Å². The molecule has 0 spiro atoms. The summed E-state index contributed by atoms with van der Waals surface area (Å²) in [6, 6.07) is -0.856. The van der Waals surface area contributed by atoms with Gasteiger partial charge in [-0.05, 0) is 25.3 Å².